The summed E-state index contributed by atoms with van der Waals surface area (Å²) < 4.78 is 11.8. The van der Waals surface area contributed by atoms with E-state index in [1.165, 1.54) is 0 Å². The van der Waals surface area contributed by atoms with Crippen molar-refractivity contribution < 1.29 is 9.47 Å². The molecule has 31 heavy (non-hydrogen) atoms. The molecule has 0 radical (unpaired) electrons. The molecule has 0 bridgehead atoms. The van der Waals surface area contributed by atoms with Gasteiger partial charge in [-0.15, -0.1) is 0 Å². The van der Waals surface area contributed by atoms with Crippen molar-refractivity contribution in [2.45, 2.75) is 13.8 Å². The third-order valence-corrected chi connectivity index (χ3v) is 4.38. The Bertz CT molecular complexity index is 1100. The molecule has 4 rings (SSSR count). The number of aromatic nitrogens is 3. The van der Waals surface area contributed by atoms with Gasteiger partial charge in [-0.3, -0.25) is 0 Å². The summed E-state index contributed by atoms with van der Waals surface area (Å²) >= 11 is 0. The maximum absolute atomic E-state index is 6.03. The summed E-state index contributed by atoms with van der Waals surface area (Å²) in [6.07, 6.45) is 5.03. The van der Waals surface area contributed by atoms with E-state index < -0.39 is 0 Å². The van der Waals surface area contributed by atoms with E-state index in [0.717, 1.165) is 22.8 Å². The molecular weight excluding hydrogens is 388 g/mol. The van der Waals surface area contributed by atoms with Crippen molar-refractivity contribution in [3.8, 4) is 28.6 Å². The summed E-state index contributed by atoms with van der Waals surface area (Å²) in [5.74, 6) is 3.22. The Morgan fingerprint density at radius 2 is 1.52 bits per heavy atom. The molecule has 0 saturated heterocycles. The van der Waals surface area contributed by atoms with Crippen LogP contribution in [0.2, 0.25) is 0 Å². The van der Waals surface area contributed by atoms with Gasteiger partial charge in [-0.2, -0.15) is 0 Å². The van der Waals surface area contributed by atoms with E-state index in [0.29, 0.717) is 29.8 Å². The smallest absolute Gasteiger partial charge is 0.246 e. The molecule has 2 aromatic carbocycles. The van der Waals surface area contributed by atoms with Gasteiger partial charge >= 0.3 is 0 Å². The normalized spacial score (nSPS) is 10.7. The minimum Gasteiger partial charge on any atom is -0.493 e. The second kappa shape index (κ2) is 9.71. The summed E-state index contributed by atoms with van der Waals surface area (Å²) in [5.41, 5.74) is 2.50. The molecule has 0 aliphatic rings. The van der Waals surface area contributed by atoms with Gasteiger partial charge < -0.3 is 14.8 Å². The summed E-state index contributed by atoms with van der Waals surface area (Å²) in [5, 5.41) is 3.25. The van der Waals surface area contributed by atoms with Crippen LogP contribution in [0.15, 0.2) is 85.3 Å². The zero-order valence-electron chi connectivity index (χ0n) is 17.5. The Kier molecular flexibility index (Phi) is 6.38. The summed E-state index contributed by atoms with van der Waals surface area (Å²) in [6.45, 7) is 4.93. The van der Waals surface area contributed by atoms with Gasteiger partial charge in [-0.05, 0) is 66.6 Å². The topological polar surface area (TPSA) is 69.2 Å². The van der Waals surface area contributed by atoms with Crippen LogP contribution in [-0.2, 0) is 0 Å². The predicted octanol–water partition coefficient (Wildman–Crippen LogP) is 6.11. The average Bonchev–Trinajstić information content (AvgIpc) is 2.80. The van der Waals surface area contributed by atoms with Crippen LogP contribution >= 0.6 is 0 Å². The number of anilines is 2. The van der Waals surface area contributed by atoms with Crippen molar-refractivity contribution in [1.82, 2.24) is 15.0 Å². The summed E-state index contributed by atoms with van der Waals surface area (Å²) in [4.78, 5) is 13.1. The van der Waals surface area contributed by atoms with Gasteiger partial charge in [0.25, 0.3) is 0 Å². The van der Waals surface area contributed by atoms with E-state index in [-0.39, 0.29) is 0 Å². The number of pyridine rings is 1. The molecule has 0 atom stereocenters. The molecule has 6 heteroatoms. The largest absolute Gasteiger partial charge is 0.493 e. The summed E-state index contributed by atoms with van der Waals surface area (Å²) in [7, 11) is 0. The Morgan fingerprint density at radius 3 is 2.23 bits per heavy atom. The van der Waals surface area contributed by atoms with Crippen molar-refractivity contribution in [2.24, 2.45) is 5.92 Å². The van der Waals surface area contributed by atoms with Gasteiger partial charge in [0.05, 0.1) is 6.61 Å². The van der Waals surface area contributed by atoms with Crippen LogP contribution in [0.3, 0.4) is 0 Å². The lowest BCUT2D eigenvalue weighted by atomic mass is 10.1. The molecule has 0 amide bonds. The van der Waals surface area contributed by atoms with Crippen molar-refractivity contribution >= 4 is 11.5 Å². The highest BCUT2D eigenvalue weighted by molar-refractivity contribution is 5.65. The van der Waals surface area contributed by atoms with Crippen LogP contribution in [0, 0.1) is 5.92 Å². The third-order valence-electron chi connectivity index (χ3n) is 4.38. The van der Waals surface area contributed by atoms with Crippen LogP contribution < -0.4 is 14.8 Å². The fraction of sp³-hybridized carbons (Fsp3) is 0.160. The minimum atomic E-state index is 0.448. The van der Waals surface area contributed by atoms with Crippen molar-refractivity contribution in [3.05, 3.63) is 85.3 Å². The number of nitrogens with zero attached hydrogens (tertiary/aromatic N) is 3. The standard InChI is InChI=1S/C25H24N4O2/c1-18(2)17-30-21-10-6-19(7-11-21)24-25(28-16-15-27-24)31-22-12-8-20(9-13-22)29-23-5-3-4-14-26-23/h3-16,18H,17H2,1-2H3,(H,26,29). The molecule has 6 nitrogen and oxygen atoms in total. The van der Waals surface area contributed by atoms with E-state index >= 15 is 0 Å². The third kappa shape index (κ3) is 5.57. The van der Waals surface area contributed by atoms with Gasteiger partial charge in [-0.1, -0.05) is 19.9 Å². The molecule has 2 aromatic heterocycles. The second-order valence-corrected chi connectivity index (χ2v) is 7.41. The van der Waals surface area contributed by atoms with Crippen LogP contribution in [0.5, 0.6) is 17.4 Å². The van der Waals surface area contributed by atoms with Gasteiger partial charge in [0, 0.05) is 29.8 Å². The number of hydrogen-bond donors (Lipinski definition) is 1. The van der Waals surface area contributed by atoms with Gasteiger partial charge in [-0.25, -0.2) is 15.0 Å². The highest BCUT2D eigenvalue weighted by atomic mass is 16.5. The lowest BCUT2D eigenvalue weighted by Crippen LogP contribution is -2.04. The number of rotatable bonds is 8. The van der Waals surface area contributed by atoms with Crippen molar-refractivity contribution in [1.29, 1.82) is 0 Å². The van der Waals surface area contributed by atoms with E-state index in [1.807, 2.05) is 66.7 Å². The lowest BCUT2D eigenvalue weighted by molar-refractivity contribution is 0.271. The Labute approximate surface area is 181 Å². The molecule has 156 valence electrons. The monoisotopic (exact) mass is 412 g/mol. The SMILES string of the molecule is CC(C)COc1ccc(-c2nccnc2Oc2ccc(Nc3ccccn3)cc2)cc1. The molecule has 0 spiro atoms. The Balaban J connectivity index is 1.47. The Morgan fingerprint density at radius 1 is 0.774 bits per heavy atom. The van der Waals surface area contributed by atoms with E-state index in [2.05, 4.69) is 34.1 Å². The number of nitrogens with one attached hydrogen (secondary N) is 1. The molecule has 4 aromatic rings. The predicted molar refractivity (Wildman–Crippen MR) is 122 cm³/mol. The average molecular weight is 412 g/mol. The Hall–Kier alpha value is -3.93. The molecular formula is C25H24N4O2. The molecule has 1 N–H and O–H groups in total. The van der Waals surface area contributed by atoms with Crippen LogP contribution in [0.25, 0.3) is 11.3 Å². The second-order valence-electron chi connectivity index (χ2n) is 7.41. The van der Waals surface area contributed by atoms with E-state index in [4.69, 9.17) is 9.47 Å². The molecule has 0 aliphatic heterocycles. The quantitative estimate of drug-likeness (QED) is 0.377. The zero-order chi connectivity index (χ0) is 21.5. The van der Waals surface area contributed by atoms with Crippen molar-refractivity contribution in [2.75, 3.05) is 11.9 Å². The highest BCUT2D eigenvalue weighted by Gasteiger charge is 2.11. The number of benzene rings is 2. The fourth-order valence-electron chi connectivity index (χ4n) is 2.87. The number of ether oxygens (including phenoxy) is 2. The maximum Gasteiger partial charge on any atom is 0.246 e. The maximum atomic E-state index is 6.03. The highest BCUT2D eigenvalue weighted by Crippen LogP contribution is 2.31. The first-order valence-electron chi connectivity index (χ1n) is 10.2. The van der Waals surface area contributed by atoms with E-state index in [1.54, 1.807) is 18.6 Å². The van der Waals surface area contributed by atoms with Gasteiger partial charge in [0.2, 0.25) is 5.88 Å². The van der Waals surface area contributed by atoms with Crippen LogP contribution in [0.4, 0.5) is 11.5 Å². The lowest BCUT2D eigenvalue weighted by Gasteiger charge is -2.11. The molecule has 0 saturated carbocycles. The first kappa shape index (κ1) is 20.3. The van der Waals surface area contributed by atoms with Crippen LogP contribution in [0.1, 0.15) is 13.8 Å². The molecule has 0 fully saturated rings. The first-order chi connectivity index (χ1) is 15.2. The van der Waals surface area contributed by atoms with E-state index in [9.17, 15) is 0 Å². The molecule has 0 aliphatic carbocycles. The van der Waals surface area contributed by atoms with Crippen molar-refractivity contribution in [3.63, 3.8) is 0 Å². The number of hydrogen-bond acceptors (Lipinski definition) is 6. The fourth-order valence-corrected chi connectivity index (χ4v) is 2.87. The summed E-state index contributed by atoms with van der Waals surface area (Å²) in [6, 6.07) is 21.2. The van der Waals surface area contributed by atoms with Gasteiger partial charge in [0.1, 0.15) is 23.0 Å². The molecule has 2 heterocycles. The molecule has 0 unspecified atom stereocenters. The zero-order valence-corrected chi connectivity index (χ0v) is 17.5. The minimum absolute atomic E-state index is 0.448. The van der Waals surface area contributed by atoms with Crippen LogP contribution in [-0.4, -0.2) is 21.6 Å². The van der Waals surface area contributed by atoms with Gasteiger partial charge in [0.15, 0.2) is 0 Å². The first-order valence-corrected chi connectivity index (χ1v) is 10.2.